The Bertz CT molecular complexity index is 315. The van der Waals surface area contributed by atoms with Crippen LogP contribution in [-0.2, 0) is 6.42 Å². The van der Waals surface area contributed by atoms with Crippen LogP contribution in [0.3, 0.4) is 0 Å². The molecule has 1 nitrogen and oxygen atoms in total. The van der Waals surface area contributed by atoms with E-state index in [2.05, 4.69) is 28.9 Å². The smallest absolute Gasteiger partial charge is 0.0317 e. The molecular weight excluding hydrogens is 246 g/mol. The molecule has 72 valence electrons. The van der Waals surface area contributed by atoms with E-state index >= 15 is 0 Å². The molecule has 0 aliphatic heterocycles. The van der Waals surface area contributed by atoms with Gasteiger partial charge in [-0.3, -0.25) is 0 Å². The van der Waals surface area contributed by atoms with Crippen LogP contribution in [0.15, 0.2) is 10.5 Å². The Morgan fingerprint density at radius 1 is 1.62 bits per heavy atom. The molecule has 13 heavy (non-hydrogen) atoms. The molecule has 3 heteroatoms. The summed E-state index contributed by atoms with van der Waals surface area (Å²) in [6, 6.07) is 2.20. The molecule has 1 saturated carbocycles. The summed E-state index contributed by atoms with van der Waals surface area (Å²) in [7, 11) is 0. The number of hydrogen-bond donors (Lipinski definition) is 1. The Balaban J connectivity index is 2.13. The van der Waals surface area contributed by atoms with Gasteiger partial charge in [0.2, 0.25) is 0 Å². The predicted molar refractivity (Wildman–Crippen MR) is 61.2 cm³/mol. The quantitative estimate of drug-likeness (QED) is 0.887. The lowest BCUT2D eigenvalue weighted by Crippen LogP contribution is -2.17. The fourth-order valence-electron chi connectivity index (χ4n) is 1.62. The Hall–Kier alpha value is 0.140. The third-order valence-electron chi connectivity index (χ3n) is 2.81. The van der Waals surface area contributed by atoms with E-state index in [0.717, 1.165) is 6.54 Å². The summed E-state index contributed by atoms with van der Waals surface area (Å²) in [5.74, 6) is 0. The van der Waals surface area contributed by atoms with Crippen molar-refractivity contribution in [3.05, 3.63) is 20.3 Å². The molecule has 0 saturated heterocycles. The van der Waals surface area contributed by atoms with Gasteiger partial charge in [0.15, 0.2) is 0 Å². The fraction of sp³-hybridized carbons (Fsp3) is 0.600. The normalized spacial score (nSPS) is 19.0. The Kier molecular flexibility index (Phi) is 2.51. The maximum atomic E-state index is 5.76. The monoisotopic (exact) mass is 259 g/mol. The highest BCUT2D eigenvalue weighted by Crippen LogP contribution is 2.49. The molecule has 1 aromatic rings. The van der Waals surface area contributed by atoms with Gasteiger partial charge in [-0.1, -0.05) is 0 Å². The maximum Gasteiger partial charge on any atom is 0.0317 e. The summed E-state index contributed by atoms with van der Waals surface area (Å²) in [4.78, 5) is 2.86. The van der Waals surface area contributed by atoms with Crippen molar-refractivity contribution in [2.75, 3.05) is 6.54 Å². The second-order valence-corrected chi connectivity index (χ2v) is 6.20. The van der Waals surface area contributed by atoms with Crippen LogP contribution in [-0.4, -0.2) is 6.54 Å². The summed E-state index contributed by atoms with van der Waals surface area (Å²) < 4.78 is 1.27. The third kappa shape index (κ3) is 1.97. The van der Waals surface area contributed by atoms with Crippen LogP contribution in [0.25, 0.3) is 0 Å². The van der Waals surface area contributed by atoms with E-state index in [1.165, 1.54) is 33.5 Å². The highest BCUT2D eigenvalue weighted by atomic mass is 79.9. The summed E-state index contributed by atoms with van der Waals surface area (Å²) in [5.41, 5.74) is 6.22. The molecule has 1 aromatic heterocycles. The average molecular weight is 260 g/mol. The molecule has 1 fully saturated rings. The molecule has 0 atom stereocenters. The highest BCUT2D eigenvalue weighted by Gasteiger charge is 2.41. The van der Waals surface area contributed by atoms with Crippen molar-refractivity contribution in [1.29, 1.82) is 0 Å². The lowest BCUT2D eigenvalue weighted by Gasteiger charge is -2.10. The average Bonchev–Trinajstić information content (AvgIpc) is 2.77. The lowest BCUT2D eigenvalue weighted by atomic mass is 10.0. The number of rotatable bonds is 3. The van der Waals surface area contributed by atoms with Crippen LogP contribution >= 0.6 is 27.3 Å². The zero-order valence-corrected chi connectivity index (χ0v) is 10.2. The predicted octanol–water partition coefficient (Wildman–Crippen LogP) is 3.10. The Labute approximate surface area is 91.5 Å². The molecule has 0 radical (unpaired) electrons. The van der Waals surface area contributed by atoms with Crippen LogP contribution in [0.4, 0.5) is 0 Å². The van der Waals surface area contributed by atoms with Gasteiger partial charge in [0.1, 0.15) is 0 Å². The van der Waals surface area contributed by atoms with Gasteiger partial charge in [-0.05, 0) is 60.1 Å². The minimum atomic E-state index is 0.458. The van der Waals surface area contributed by atoms with E-state index in [4.69, 9.17) is 5.73 Å². The molecule has 1 aliphatic rings. The largest absolute Gasteiger partial charge is 0.330 e. The third-order valence-corrected chi connectivity index (χ3v) is 4.83. The highest BCUT2D eigenvalue weighted by molar-refractivity contribution is 9.10. The first kappa shape index (κ1) is 9.69. The standard InChI is InChI=1S/C10H14BrNS/c1-7-4-8(11)9(13-7)5-10(6-12)2-3-10/h4H,2-3,5-6,12H2,1H3. The molecule has 1 heterocycles. The van der Waals surface area contributed by atoms with E-state index in [9.17, 15) is 0 Å². The first-order valence-corrected chi connectivity index (χ1v) is 6.21. The van der Waals surface area contributed by atoms with Gasteiger partial charge in [0.05, 0.1) is 0 Å². The van der Waals surface area contributed by atoms with Gasteiger partial charge < -0.3 is 5.73 Å². The SMILES string of the molecule is Cc1cc(Br)c(CC2(CN)CC2)s1. The molecule has 2 N–H and O–H groups in total. The molecule has 0 unspecified atom stereocenters. The van der Waals surface area contributed by atoms with Gasteiger partial charge in [0, 0.05) is 14.2 Å². The topological polar surface area (TPSA) is 26.0 Å². The van der Waals surface area contributed by atoms with Gasteiger partial charge in [-0.25, -0.2) is 0 Å². The van der Waals surface area contributed by atoms with Crippen LogP contribution in [0.2, 0.25) is 0 Å². The minimum absolute atomic E-state index is 0.458. The van der Waals surface area contributed by atoms with Gasteiger partial charge in [0.25, 0.3) is 0 Å². The second kappa shape index (κ2) is 3.37. The zero-order chi connectivity index (χ0) is 9.47. The van der Waals surface area contributed by atoms with Crippen molar-refractivity contribution in [2.45, 2.75) is 26.2 Å². The van der Waals surface area contributed by atoms with Crippen molar-refractivity contribution in [1.82, 2.24) is 0 Å². The summed E-state index contributed by atoms with van der Waals surface area (Å²) in [6.07, 6.45) is 3.79. The van der Waals surface area contributed by atoms with Crippen molar-refractivity contribution < 1.29 is 0 Å². The van der Waals surface area contributed by atoms with E-state index in [1.54, 1.807) is 0 Å². The van der Waals surface area contributed by atoms with E-state index in [1.807, 2.05) is 11.3 Å². The minimum Gasteiger partial charge on any atom is -0.330 e. The van der Waals surface area contributed by atoms with Crippen molar-refractivity contribution in [3.8, 4) is 0 Å². The van der Waals surface area contributed by atoms with Gasteiger partial charge in [-0.2, -0.15) is 0 Å². The van der Waals surface area contributed by atoms with E-state index in [-0.39, 0.29) is 0 Å². The molecule has 0 aromatic carbocycles. The van der Waals surface area contributed by atoms with Gasteiger partial charge >= 0.3 is 0 Å². The van der Waals surface area contributed by atoms with Crippen LogP contribution in [0.1, 0.15) is 22.6 Å². The molecule has 2 rings (SSSR count). The lowest BCUT2D eigenvalue weighted by molar-refractivity contribution is 0.525. The van der Waals surface area contributed by atoms with Crippen LogP contribution in [0.5, 0.6) is 0 Å². The first-order valence-electron chi connectivity index (χ1n) is 4.60. The van der Waals surface area contributed by atoms with Crippen molar-refractivity contribution in [3.63, 3.8) is 0 Å². The van der Waals surface area contributed by atoms with Gasteiger partial charge in [-0.15, -0.1) is 11.3 Å². The number of thiophene rings is 1. The van der Waals surface area contributed by atoms with Crippen LogP contribution < -0.4 is 5.73 Å². The van der Waals surface area contributed by atoms with Crippen molar-refractivity contribution in [2.24, 2.45) is 11.1 Å². The molecule has 0 amide bonds. The number of halogens is 1. The number of nitrogens with two attached hydrogens (primary N) is 1. The Morgan fingerprint density at radius 3 is 2.69 bits per heavy atom. The molecular formula is C10H14BrNS. The Morgan fingerprint density at radius 2 is 2.31 bits per heavy atom. The molecule has 0 bridgehead atoms. The van der Waals surface area contributed by atoms with Crippen molar-refractivity contribution >= 4 is 27.3 Å². The second-order valence-electron chi connectivity index (χ2n) is 4.01. The summed E-state index contributed by atoms with van der Waals surface area (Å²) in [6.45, 7) is 3.00. The number of hydrogen-bond acceptors (Lipinski definition) is 2. The van der Waals surface area contributed by atoms with E-state index < -0.39 is 0 Å². The van der Waals surface area contributed by atoms with Crippen LogP contribution in [0, 0.1) is 12.3 Å². The maximum absolute atomic E-state index is 5.76. The number of aryl methyl sites for hydroxylation is 1. The van der Waals surface area contributed by atoms with E-state index in [0.29, 0.717) is 5.41 Å². The molecule has 0 spiro atoms. The zero-order valence-electron chi connectivity index (χ0n) is 7.77. The first-order chi connectivity index (χ1) is 6.15. The summed E-state index contributed by atoms with van der Waals surface area (Å²) in [5, 5.41) is 0. The fourth-order valence-corrected chi connectivity index (χ4v) is 3.60. The summed E-state index contributed by atoms with van der Waals surface area (Å²) >= 11 is 5.49. The molecule has 1 aliphatic carbocycles.